The largest absolute Gasteiger partial charge is 0.497 e. The molecule has 3 amide bonds. The van der Waals surface area contributed by atoms with Gasteiger partial charge in [-0.2, -0.15) is 0 Å². The van der Waals surface area contributed by atoms with E-state index in [1.54, 1.807) is 79.9 Å². The Bertz CT molecular complexity index is 1300. The average Bonchev–Trinajstić information content (AvgIpc) is 3.07. The van der Waals surface area contributed by atoms with E-state index in [4.69, 9.17) is 27.9 Å². The third kappa shape index (κ3) is 5.65. The lowest BCUT2D eigenvalue weighted by Crippen LogP contribution is -2.33. The van der Waals surface area contributed by atoms with Crippen molar-refractivity contribution in [3.05, 3.63) is 105 Å². The zero-order valence-corrected chi connectivity index (χ0v) is 20.2. The number of hydrogen-bond donors (Lipinski definition) is 2. The molecule has 3 aromatic carbocycles. The number of amides is 3. The van der Waals surface area contributed by atoms with Crippen LogP contribution in [0.15, 0.2) is 83.5 Å². The third-order valence-electron chi connectivity index (χ3n) is 5.38. The standard InChI is InChI=1S/C26H21Cl2N3O4/c1-35-21-4-2-3-20(13-21)30-24(32)18-9-5-16(6-10-18)14-29-23-22(28)25(33)31(26(23)34)15-17-7-11-19(27)12-8-17/h2-13,29H,14-15H2,1H3,(H,30,32). The van der Waals surface area contributed by atoms with E-state index in [0.717, 1.165) is 16.0 Å². The van der Waals surface area contributed by atoms with Crippen molar-refractivity contribution >= 4 is 46.6 Å². The lowest BCUT2D eigenvalue weighted by Gasteiger charge is -2.15. The summed E-state index contributed by atoms with van der Waals surface area (Å²) in [7, 11) is 1.56. The zero-order chi connectivity index (χ0) is 24.9. The number of anilines is 1. The second-order valence-electron chi connectivity index (χ2n) is 7.75. The minimum Gasteiger partial charge on any atom is -0.497 e. The van der Waals surface area contributed by atoms with E-state index in [2.05, 4.69) is 10.6 Å². The van der Waals surface area contributed by atoms with Crippen LogP contribution in [0.4, 0.5) is 5.69 Å². The van der Waals surface area contributed by atoms with Crippen LogP contribution in [0, 0.1) is 0 Å². The first-order chi connectivity index (χ1) is 16.9. The quantitative estimate of drug-likeness (QED) is 0.429. The molecule has 0 unspecified atom stereocenters. The van der Waals surface area contributed by atoms with Crippen LogP contribution in [0.1, 0.15) is 21.5 Å². The van der Waals surface area contributed by atoms with Gasteiger partial charge in [-0.05, 0) is 47.5 Å². The fraction of sp³-hybridized carbons (Fsp3) is 0.115. The highest BCUT2D eigenvalue weighted by atomic mass is 35.5. The predicted molar refractivity (Wildman–Crippen MR) is 134 cm³/mol. The number of halogens is 2. The second-order valence-corrected chi connectivity index (χ2v) is 8.56. The SMILES string of the molecule is COc1cccc(NC(=O)c2ccc(CNC3=C(Cl)C(=O)N(Cc4ccc(Cl)cc4)C3=O)cc2)c1. The first-order valence-electron chi connectivity index (χ1n) is 10.6. The van der Waals surface area contributed by atoms with Crippen molar-refractivity contribution in [3.8, 4) is 5.75 Å². The van der Waals surface area contributed by atoms with Gasteiger partial charge < -0.3 is 15.4 Å². The smallest absolute Gasteiger partial charge is 0.278 e. The van der Waals surface area contributed by atoms with Gasteiger partial charge in [-0.15, -0.1) is 0 Å². The topological polar surface area (TPSA) is 87.7 Å². The van der Waals surface area contributed by atoms with Crippen molar-refractivity contribution in [1.29, 1.82) is 0 Å². The van der Waals surface area contributed by atoms with Crippen molar-refractivity contribution < 1.29 is 19.1 Å². The van der Waals surface area contributed by atoms with Gasteiger partial charge in [0.2, 0.25) is 0 Å². The molecule has 0 saturated heterocycles. The minimum atomic E-state index is -0.557. The van der Waals surface area contributed by atoms with Gasteiger partial charge in [0.25, 0.3) is 17.7 Å². The molecule has 0 fully saturated rings. The van der Waals surface area contributed by atoms with Gasteiger partial charge in [0.1, 0.15) is 16.5 Å². The zero-order valence-electron chi connectivity index (χ0n) is 18.7. The molecule has 0 aliphatic carbocycles. The molecule has 1 aliphatic heterocycles. The molecular weight excluding hydrogens is 489 g/mol. The highest BCUT2D eigenvalue weighted by Crippen LogP contribution is 2.25. The summed E-state index contributed by atoms with van der Waals surface area (Å²) in [4.78, 5) is 38.9. The first-order valence-corrected chi connectivity index (χ1v) is 11.4. The van der Waals surface area contributed by atoms with Crippen LogP contribution in [-0.2, 0) is 22.7 Å². The Hall–Kier alpha value is -3.81. The summed E-state index contributed by atoms with van der Waals surface area (Å²) >= 11 is 12.1. The molecule has 4 rings (SSSR count). The van der Waals surface area contributed by atoms with Gasteiger partial charge in [-0.25, -0.2) is 0 Å². The van der Waals surface area contributed by atoms with Crippen LogP contribution in [0.5, 0.6) is 5.75 Å². The number of carbonyl (C=O) groups is 3. The van der Waals surface area contributed by atoms with E-state index in [1.807, 2.05) is 0 Å². The number of ether oxygens (including phenoxy) is 1. The number of carbonyl (C=O) groups excluding carboxylic acids is 3. The number of methoxy groups -OCH3 is 1. The second kappa shape index (κ2) is 10.6. The molecule has 178 valence electrons. The molecule has 2 N–H and O–H groups in total. The van der Waals surface area contributed by atoms with Gasteiger partial charge in [-0.1, -0.05) is 53.5 Å². The van der Waals surface area contributed by atoms with Crippen molar-refractivity contribution in [1.82, 2.24) is 10.2 Å². The minimum absolute atomic E-state index is 0.0467. The number of imide groups is 1. The van der Waals surface area contributed by atoms with Gasteiger partial charge in [-0.3, -0.25) is 19.3 Å². The highest BCUT2D eigenvalue weighted by molar-refractivity contribution is 6.47. The summed E-state index contributed by atoms with van der Waals surface area (Å²) in [6.07, 6.45) is 0. The molecule has 0 bridgehead atoms. The molecule has 7 nitrogen and oxygen atoms in total. The molecule has 1 aliphatic rings. The number of nitrogens with zero attached hydrogens (tertiary/aromatic N) is 1. The van der Waals surface area contributed by atoms with Gasteiger partial charge in [0.05, 0.1) is 13.7 Å². The molecule has 0 radical (unpaired) electrons. The first kappa shape index (κ1) is 24.3. The molecule has 0 aromatic heterocycles. The Morgan fingerprint density at radius 2 is 1.60 bits per heavy atom. The molecular formula is C26H21Cl2N3O4. The van der Waals surface area contributed by atoms with Crippen LogP contribution in [0.3, 0.4) is 0 Å². The fourth-order valence-corrected chi connectivity index (χ4v) is 3.86. The lowest BCUT2D eigenvalue weighted by molar-refractivity contribution is -0.138. The number of hydrogen-bond acceptors (Lipinski definition) is 5. The van der Waals surface area contributed by atoms with Gasteiger partial charge in [0.15, 0.2) is 0 Å². The number of benzene rings is 3. The Morgan fingerprint density at radius 3 is 2.29 bits per heavy atom. The molecule has 35 heavy (non-hydrogen) atoms. The summed E-state index contributed by atoms with van der Waals surface area (Å²) in [5.41, 5.74) is 2.69. The highest BCUT2D eigenvalue weighted by Gasteiger charge is 2.37. The Kier molecular flexibility index (Phi) is 7.39. The summed E-state index contributed by atoms with van der Waals surface area (Å²) in [5.74, 6) is -0.676. The average molecular weight is 510 g/mol. The van der Waals surface area contributed by atoms with E-state index in [9.17, 15) is 14.4 Å². The molecule has 3 aromatic rings. The van der Waals surface area contributed by atoms with E-state index >= 15 is 0 Å². The van der Waals surface area contributed by atoms with E-state index in [-0.39, 0.29) is 29.7 Å². The van der Waals surface area contributed by atoms with E-state index in [1.165, 1.54) is 0 Å². The molecule has 0 spiro atoms. The number of nitrogens with one attached hydrogen (secondary N) is 2. The molecule has 0 atom stereocenters. The summed E-state index contributed by atoms with van der Waals surface area (Å²) < 4.78 is 5.16. The number of rotatable bonds is 8. The predicted octanol–water partition coefficient (Wildman–Crippen LogP) is 4.71. The van der Waals surface area contributed by atoms with Gasteiger partial charge >= 0.3 is 0 Å². The Morgan fingerprint density at radius 1 is 0.914 bits per heavy atom. The summed E-state index contributed by atoms with van der Waals surface area (Å²) in [6.45, 7) is 0.338. The van der Waals surface area contributed by atoms with Crippen LogP contribution in [0.25, 0.3) is 0 Å². The maximum Gasteiger partial charge on any atom is 0.278 e. The van der Waals surface area contributed by atoms with E-state index in [0.29, 0.717) is 22.0 Å². The summed E-state index contributed by atoms with van der Waals surface area (Å²) in [6, 6.07) is 20.8. The maximum atomic E-state index is 12.8. The molecule has 1 heterocycles. The fourth-order valence-electron chi connectivity index (χ4n) is 3.48. The van der Waals surface area contributed by atoms with Crippen LogP contribution in [0.2, 0.25) is 5.02 Å². The summed E-state index contributed by atoms with van der Waals surface area (Å²) in [5, 5.41) is 6.18. The molecule has 0 saturated carbocycles. The van der Waals surface area contributed by atoms with Crippen LogP contribution in [-0.4, -0.2) is 29.7 Å². The molecule has 9 heteroatoms. The van der Waals surface area contributed by atoms with Crippen LogP contribution >= 0.6 is 23.2 Å². The lowest BCUT2D eigenvalue weighted by atomic mass is 10.1. The monoisotopic (exact) mass is 509 g/mol. The normalized spacial score (nSPS) is 13.3. The Balaban J connectivity index is 1.36. The van der Waals surface area contributed by atoms with E-state index < -0.39 is 11.8 Å². The van der Waals surface area contributed by atoms with Crippen LogP contribution < -0.4 is 15.4 Å². The maximum absolute atomic E-state index is 12.8. The van der Waals surface area contributed by atoms with Crippen molar-refractivity contribution in [2.45, 2.75) is 13.1 Å². The van der Waals surface area contributed by atoms with Crippen molar-refractivity contribution in [3.63, 3.8) is 0 Å². The van der Waals surface area contributed by atoms with Crippen molar-refractivity contribution in [2.24, 2.45) is 0 Å². The Labute approximate surface area is 212 Å². The third-order valence-corrected chi connectivity index (χ3v) is 5.98. The van der Waals surface area contributed by atoms with Gasteiger partial charge in [0, 0.05) is 28.9 Å². The van der Waals surface area contributed by atoms with Crippen molar-refractivity contribution in [2.75, 3.05) is 12.4 Å².